The van der Waals surface area contributed by atoms with Crippen molar-refractivity contribution in [3.63, 3.8) is 0 Å². The summed E-state index contributed by atoms with van der Waals surface area (Å²) in [6, 6.07) is 3.84. The second-order valence-corrected chi connectivity index (χ2v) is 4.39. The minimum Gasteiger partial charge on any atom is -0.348 e. The van der Waals surface area contributed by atoms with Gasteiger partial charge in [0.1, 0.15) is 0 Å². The third kappa shape index (κ3) is 3.50. The van der Waals surface area contributed by atoms with Gasteiger partial charge < -0.3 is 11.1 Å². The second kappa shape index (κ2) is 5.74. The molecule has 0 aromatic heterocycles. The van der Waals surface area contributed by atoms with Crippen LogP contribution in [0.2, 0.25) is 0 Å². The van der Waals surface area contributed by atoms with Crippen molar-refractivity contribution in [2.45, 2.75) is 13.0 Å². The Bertz CT molecular complexity index is 450. The number of hydrogen-bond donors (Lipinski definition) is 2. The van der Waals surface area contributed by atoms with E-state index in [2.05, 4.69) is 21.2 Å². The number of non-ortho nitro benzene ring substituents is 1. The molecule has 1 aromatic carbocycles. The monoisotopic (exact) mass is 301 g/mol. The lowest BCUT2D eigenvalue weighted by Gasteiger charge is -2.11. The lowest BCUT2D eigenvalue weighted by atomic mass is 10.2. The number of nitro groups is 1. The molecule has 17 heavy (non-hydrogen) atoms. The van der Waals surface area contributed by atoms with E-state index in [-0.39, 0.29) is 17.3 Å². The molecule has 6 nitrogen and oxygen atoms in total. The normalized spacial score (nSPS) is 11.9. The number of carbonyl (C=O) groups is 1. The highest BCUT2D eigenvalue weighted by Crippen LogP contribution is 2.22. The van der Waals surface area contributed by atoms with Gasteiger partial charge in [0.05, 0.1) is 10.5 Å². The predicted molar refractivity (Wildman–Crippen MR) is 66.8 cm³/mol. The van der Waals surface area contributed by atoms with Gasteiger partial charge in [0.25, 0.3) is 11.6 Å². The average Bonchev–Trinajstić information content (AvgIpc) is 2.28. The first-order valence-electron chi connectivity index (χ1n) is 4.90. The van der Waals surface area contributed by atoms with Gasteiger partial charge in [-0.3, -0.25) is 14.9 Å². The minimum atomic E-state index is -0.546. The van der Waals surface area contributed by atoms with Crippen LogP contribution >= 0.6 is 15.9 Å². The van der Waals surface area contributed by atoms with Crippen molar-refractivity contribution >= 4 is 27.5 Å². The molecule has 0 radical (unpaired) electrons. The molecule has 1 atom stereocenters. The number of nitrogens with zero attached hydrogens (tertiary/aromatic N) is 1. The van der Waals surface area contributed by atoms with Crippen LogP contribution in [0.1, 0.15) is 17.3 Å². The largest absolute Gasteiger partial charge is 0.348 e. The first-order chi connectivity index (χ1) is 7.95. The quantitative estimate of drug-likeness (QED) is 0.649. The molecule has 0 aliphatic carbocycles. The first kappa shape index (κ1) is 13.6. The number of nitrogens with one attached hydrogen (secondary N) is 1. The summed E-state index contributed by atoms with van der Waals surface area (Å²) in [6.45, 7) is 2.06. The Labute approximate surface area is 106 Å². The highest BCUT2D eigenvalue weighted by Gasteiger charge is 2.16. The predicted octanol–water partition coefficient (Wildman–Crippen LogP) is 1.43. The molecule has 1 rings (SSSR count). The van der Waals surface area contributed by atoms with Crippen molar-refractivity contribution < 1.29 is 9.72 Å². The van der Waals surface area contributed by atoms with Gasteiger partial charge in [0.2, 0.25) is 0 Å². The van der Waals surface area contributed by atoms with Crippen molar-refractivity contribution in [2.75, 3.05) is 6.54 Å². The van der Waals surface area contributed by atoms with Gasteiger partial charge in [-0.2, -0.15) is 0 Å². The molecule has 0 bridgehead atoms. The molecule has 0 aliphatic heterocycles. The molecule has 0 unspecified atom stereocenters. The topological polar surface area (TPSA) is 98.3 Å². The van der Waals surface area contributed by atoms with Crippen LogP contribution in [0.3, 0.4) is 0 Å². The molecule has 0 spiro atoms. The van der Waals surface area contributed by atoms with Crippen LogP contribution in [0.5, 0.6) is 0 Å². The number of hydrogen-bond acceptors (Lipinski definition) is 4. The maximum atomic E-state index is 11.8. The standard InChI is InChI=1S/C10H12BrN3O3/c1-6(5-12)13-10(15)8-4-7(14(16)17)2-3-9(8)11/h2-4,6H,5,12H2,1H3,(H,13,15)/t6-/m1/s1. The van der Waals surface area contributed by atoms with Gasteiger partial charge in [0.15, 0.2) is 0 Å². The van der Waals surface area contributed by atoms with E-state index in [1.165, 1.54) is 18.2 Å². The number of benzene rings is 1. The SMILES string of the molecule is C[C@H](CN)NC(=O)c1cc([N+](=O)[O-])ccc1Br. The first-order valence-corrected chi connectivity index (χ1v) is 5.70. The van der Waals surface area contributed by atoms with Gasteiger partial charge in [0, 0.05) is 29.2 Å². The highest BCUT2D eigenvalue weighted by molar-refractivity contribution is 9.10. The van der Waals surface area contributed by atoms with E-state index in [1.807, 2.05) is 0 Å². The fraction of sp³-hybridized carbons (Fsp3) is 0.300. The smallest absolute Gasteiger partial charge is 0.270 e. The highest BCUT2D eigenvalue weighted by atomic mass is 79.9. The Balaban J connectivity index is 3.00. The van der Waals surface area contributed by atoms with Crippen molar-refractivity contribution in [3.8, 4) is 0 Å². The van der Waals surface area contributed by atoms with Crippen molar-refractivity contribution in [1.82, 2.24) is 5.32 Å². The van der Waals surface area contributed by atoms with Crippen molar-refractivity contribution in [1.29, 1.82) is 0 Å². The van der Waals surface area contributed by atoms with Crippen molar-refractivity contribution in [3.05, 3.63) is 38.3 Å². The summed E-state index contributed by atoms with van der Waals surface area (Å²) in [5.74, 6) is -0.390. The molecule has 0 heterocycles. The number of amides is 1. The molecule has 0 saturated heterocycles. The number of nitro benzene ring substituents is 1. The zero-order valence-corrected chi connectivity index (χ0v) is 10.7. The molecule has 3 N–H and O–H groups in total. The maximum Gasteiger partial charge on any atom is 0.270 e. The van der Waals surface area contributed by atoms with Gasteiger partial charge >= 0.3 is 0 Å². The van der Waals surface area contributed by atoms with Crippen LogP contribution in [0.15, 0.2) is 22.7 Å². The van der Waals surface area contributed by atoms with Gasteiger partial charge in [-0.15, -0.1) is 0 Å². The molecule has 92 valence electrons. The summed E-state index contributed by atoms with van der Waals surface area (Å²) in [6.07, 6.45) is 0. The lowest BCUT2D eigenvalue weighted by Crippen LogP contribution is -2.37. The zero-order valence-electron chi connectivity index (χ0n) is 9.14. The zero-order chi connectivity index (χ0) is 13.0. The average molecular weight is 302 g/mol. The van der Waals surface area contributed by atoms with Gasteiger partial charge in [-0.05, 0) is 28.9 Å². The maximum absolute atomic E-state index is 11.8. The van der Waals surface area contributed by atoms with E-state index in [0.717, 1.165) is 0 Å². The fourth-order valence-electron chi connectivity index (χ4n) is 1.16. The van der Waals surface area contributed by atoms with Gasteiger partial charge in [-0.25, -0.2) is 0 Å². The van der Waals surface area contributed by atoms with E-state index in [0.29, 0.717) is 11.0 Å². The third-order valence-corrected chi connectivity index (χ3v) is 2.83. The molecule has 1 aromatic rings. The molecule has 1 amide bonds. The number of nitrogens with two attached hydrogens (primary N) is 1. The number of carbonyl (C=O) groups excluding carboxylic acids is 1. The Kier molecular flexibility index (Phi) is 4.59. The van der Waals surface area contributed by atoms with E-state index >= 15 is 0 Å². The molecular formula is C10H12BrN3O3. The molecular weight excluding hydrogens is 290 g/mol. The van der Waals surface area contributed by atoms with Crippen LogP contribution < -0.4 is 11.1 Å². The Hall–Kier alpha value is -1.47. The van der Waals surface area contributed by atoms with E-state index in [4.69, 9.17) is 5.73 Å². The van der Waals surface area contributed by atoms with Crippen LogP contribution in [0, 0.1) is 10.1 Å². The summed E-state index contributed by atoms with van der Waals surface area (Å²) in [4.78, 5) is 21.8. The molecule has 0 aliphatic rings. The summed E-state index contributed by atoms with van der Waals surface area (Å²) in [5, 5.41) is 13.2. The van der Waals surface area contributed by atoms with E-state index < -0.39 is 10.8 Å². The molecule has 0 fully saturated rings. The third-order valence-electron chi connectivity index (χ3n) is 2.14. The number of rotatable bonds is 4. The second-order valence-electron chi connectivity index (χ2n) is 3.53. The van der Waals surface area contributed by atoms with E-state index in [1.54, 1.807) is 6.92 Å². The van der Waals surface area contributed by atoms with Crippen LogP contribution in [0.25, 0.3) is 0 Å². The molecule has 0 saturated carbocycles. The summed E-state index contributed by atoms with van der Waals surface area (Å²) >= 11 is 3.18. The minimum absolute atomic E-state index is 0.126. The Morgan fingerprint density at radius 3 is 2.82 bits per heavy atom. The van der Waals surface area contributed by atoms with E-state index in [9.17, 15) is 14.9 Å². The summed E-state index contributed by atoms with van der Waals surface area (Å²) in [5.41, 5.74) is 5.48. The lowest BCUT2D eigenvalue weighted by molar-refractivity contribution is -0.384. The van der Waals surface area contributed by atoms with Gasteiger partial charge in [-0.1, -0.05) is 0 Å². The summed E-state index contributed by atoms with van der Waals surface area (Å²) in [7, 11) is 0. The van der Waals surface area contributed by atoms with Crippen LogP contribution in [-0.4, -0.2) is 23.4 Å². The Morgan fingerprint density at radius 1 is 1.65 bits per heavy atom. The van der Waals surface area contributed by atoms with Crippen LogP contribution in [0.4, 0.5) is 5.69 Å². The fourth-order valence-corrected chi connectivity index (χ4v) is 1.59. The number of halogens is 1. The molecule has 7 heteroatoms. The van der Waals surface area contributed by atoms with Crippen LogP contribution in [-0.2, 0) is 0 Å². The Morgan fingerprint density at radius 2 is 2.29 bits per heavy atom. The van der Waals surface area contributed by atoms with Crippen molar-refractivity contribution in [2.24, 2.45) is 5.73 Å². The summed E-state index contributed by atoms with van der Waals surface area (Å²) < 4.78 is 0.504.